The van der Waals surface area contributed by atoms with Gasteiger partial charge in [-0.05, 0) is 18.1 Å². The van der Waals surface area contributed by atoms with E-state index in [0.29, 0.717) is 11.6 Å². The Bertz CT molecular complexity index is 642. The maximum absolute atomic E-state index is 11.8. The van der Waals surface area contributed by atoms with Crippen molar-refractivity contribution >= 4 is 28.6 Å². The number of aromatic amines is 1. The molecule has 0 fully saturated rings. The van der Waals surface area contributed by atoms with E-state index in [2.05, 4.69) is 20.0 Å². The summed E-state index contributed by atoms with van der Waals surface area (Å²) in [5.74, 6) is 0. The largest absolute Gasteiger partial charge is 0.440 e. The fourth-order valence-electron chi connectivity index (χ4n) is 1.76. The molecule has 2 aromatic heterocycles. The highest BCUT2D eigenvalue weighted by Gasteiger charge is 2.29. The third-order valence-corrected chi connectivity index (χ3v) is 2.86. The molecular weight excluding hydrogens is 311 g/mol. The number of carbonyl (C=O) groups excluding carboxylic acids is 1. The number of halogens is 4. The monoisotopic (exact) mass is 321 g/mol. The maximum atomic E-state index is 11.8. The minimum Gasteiger partial charge on any atom is -0.440 e. The van der Waals surface area contributed by atoms with Crippen LogP contribution in [0.15, 0.2) is 18.5 Å². The molecule has 0 bridgehead atoms. The lowest BCUT2D eigenvalue weighted by molar-refractivity contribution is -0.160. The molecule has 0 spiro atoms. The number of H-pyrrole nitrogens is 1. The topological polar surface area (TPSA) is 67.0 Å². The average molecular weight is 322 g/mol. The van der Waals surface area contributed by atoms with Crippen molar-refractivity contribution in [2.45, 2.75) is 12.6 Å². The van der Waals surface area contributed by atoms with Crippen molar-refractivity contribution in [2.24, 2.45) is 0 Å². The minimum absolute atomic E-state index is 0.142. The Labute approximate surface area is 122 Å². The molecule has 114 valence electrons. The number of alkyl carbamates (subject to hydrolysis) is 1. The van der Waals surface area contributed by atoms with Crippen LogP contribution in [0, 0.1) is 0 Å². The number of amides is 1. The van der Waals surface area contributed by atoms with E-state index in [-0.39, 0.29) is 6.54 Å². The maximum Gasteiger partial charge on any atom is 0.422 e. The van der Waals surface area contributed by atoms with Gasteiger partial charge in [0.2, 0.25) is 0 Å². The SMILES string of the molecule is O=C(NCCc1c[nH]c2cnc(Cl)cc12)OCC(F)(F)F. The van der Waals surface area contributed by atoms with Crippen LogP contribution >= 0.6 is 11.6 Å². The van der Waals surface area contributed by atoms with Crippen LogP contribution in [0.5, 0.6) is 0 Å². The summed E-state index contributed by atoms with van der Waals surface area (Å²) >= 11 is 5.79. The lowest BCUT2D eigenvalue weighted by atomic mass is 10.1. The van der Waals surface area contributed by atoms with Crippen LogP contribution in [-0.2, 0) is 11.2 Å². The van der Waals surface area contributed by atoms with Crippen molar-refractivity contribution in [2.75, 3.05) is 13.2 Å². The molecule has 1 amide bonds. The Morgan fingerprint density at radius 2 is 2.24 bits per heavy atom. The lowest BCUT2D eigenvalue weighted by Gasteiger charge is -2.08. The van der Waals surface area contributed by atoms with Crippen molar-refractivity contribution < 1.29 is 22.7 Å². The van der Waals surface area contributed by atoms with Gasteiger partial charge in [-0.1, -0.05) is 11.6 Å². The molecule has 2 aromatic rings. The number of hydrogen-bond donors (Lipinski definition) is 2. The third kappa shape index (κ3) is 4.52. The Morgan fingerprint density at radius 1 is 1.48 bits per heavy atom. The number of nitrogens with zero attached hydrogens (tertiary/aromatic N) is 1. The molecule has 2 heterocycles. The number of pyridine rings is 1. The second-order valence-electron chi connectivity index (χ2n) is 4.23. The van der Waals surface area contributed by atoms with Crippen LogP contribution < -0.4 is 5.32 Å². The van der Waals surface area contributed by atoms with Gasteiger partial charge in [-0.25, -0.2) is 9.78 Å². The predicted octanol–water partition coefficient (Wildman–Crippen LogP) is 3.05. The van der Waals surface area contributed by atoms with Crippen LogP contribution in [0.2, 0.25) is 5.15 Å². The van der Waals surface area contributed by atoms with Gasteiger partial charge in [0.05, 0.1) is 11.7 Å². The smallest absolute Gasteiger partial charge is 0.422 e. The second kappa shape index (κ2) is 6.21. The number of rotatable bonds is 4. The van der Waals surface area contributed by atoms with Crippen molar-refractivity contribution in [3.8, 4) is 0 Å². The number of fused-ring (bicyclic) bond motifs is 1. The molecule has 0 saturated carbocycles. The first-order valence-corrected chi connectivity index (χ1v) is 6.32. The Balaban J connectivity index is 1.85. The summed E-state index contributed by atoms with van der Waals surface area (Å²) < 4.78 is 39.6. The van der Waals surface area contributed by atoms with E-state index >= 15 is 0 Å². The highest BCUT2D eigenvalue weighted by Crippen LogP contribution is 2.20. The van der Waals surface area contributed by atoms with Crippen LogP contribution in [-0.4, -0.2) is 35.4 Å². The standard InChI is InChI=1S/C12H11ClF3N3O2/c13-10-3-8-7(4-18-9(8)5-19-10)1-2-17-11(20)21-6-12(14,15)16/h3-5,18H,1-2,6H2,(H,17,20). The molecule has 0 unspecified atom stereocenters. The number of hydrogen-bond acceptors (Lipinski definition) is 3. The summed E-state index contributed by atoms with van der Waals surface area (Å²) in [6.07, 6.45) is -1.91. The lowest BCUT2D eigenvalue weighted by Crippen LogP contribution is -2.30. The molecule has 5 nitrogen and oxygen atoms in total. The van der Waals surface area contributed by atoms with Crippen molar-refractivity contribution in [3.05, 3.63) is 29.2 Å². The first-order valence-electron chi connectivity index (χ1n) is 5.94. The van der Waals surface area contributed by atoms with Gasteiger partial charge in [0, 0.05) is 18.1 Å². The first-order chi connectivity index (χ1) is 9.85. The van der Waals surface area contributed by atoms with Crippen molar-refractivity contribution in [1.82, 2.24) is 15.3 Å². The van der Waals surface area contributed by atoms with Crippen LogP contribution in [0.3, 0.4) is 0 Å². The minimum atomic E-state index is -4.53. The van der Waals surface area contributed by atoms with Gasteiger partial charge in [0.25, 0.3) is 0 Å². The van der Waals surface area contributed by atoms with Crippen molar-refractivity contribution in [3.63, 3.8) is 0 Å². The Kier molecular flexibility index (Phi) is 4.56. The second-order valence-corrected chi connectivity index (χ2v) is 4.62. The highest BCUT2D eigenvalue weighted by atomic mass is 35.5. The van der Waals surface area contributed by atoms with Crippen molar-refractivity contribution in [1.29, 1.82) is 0 Å². The number of ether oxygens (including phenoxy) is 1. The van der Waals surface area contributed by atoms with Gasteiger partial charge in [-0.2, -0.15) is 13.2 Å². The number of nitrogens with one attached hydrogen (secondary N) is 2. The summed E-state index contributed by atoms with van der Waals surface area (Å²) in [6, 6.07) is 1.67. The molecule has 0 radical (unpaired) electrons. The van der Waals surface area contributed by atoms with E-state index < -0.39 is 18.9 Å². The number of carbonyl (C=O) groups is 1. The normalized spacial score (nSPS) is 11.6. The fraction of sp³-hybridized carbons (Fsp3) is 0.333. The molecule has 0 aliphatic heterocycles. The van der Waals surface area contributed by atoms with E-state index in [9.17, 15) is 18.0 Å². The summed E-state index contributed by atoms with van der Waals surface area (Å²) in [5, 5.41) is 3.43. The summed E-state index contributed by atoms with van der Waals surface area (Å²) in [5.41, 5.74) is 1.65. The first kappa shape index (κ1) is 15.4. The average Bonchev–Trinajstić information content (AvgIpc) is 2.78. The molecule has 0 aliphatic rings. The molecule has 9 heteroatoms. The summed E-state index contributed by atoms with van der Waals surface area (Å²) in [4.78, 5) is 18.0. The molecule has 2 rings (SSSR count). The van der Waals surface area contributed by atoms with E-state index in [0.717, 1.165) is 16.5 Å². The van der Waals surface area contributed by atoms with E-state index in [1.54, 1.807) is 18.5 Å². The zero-order chi connectivity index (χ0) is 15.5. The zero-order valence-corrected chi connectivity index (χ0v) is 11.4. The zero-order valence-electron chi connectivity index (χ0n) is 10.6. The van der Waals surface area contributed by atoms with E-state index in [1.807, 2.05) is 0 Å². The molecule has 0 aromatic carbocycles. The van der Waals surface area contributed by atoms with E-state index in [1.165, 1.54) is 0 Å². The predicted molar refractivity (Wildman–Crippen MR) is 70.2 cm³/mol. The van der Waals surface area contributed by atoms with Crippen LogP contribution in [0.4, 0.5) is 18.0 Å². The molecule has 0 saturated heterocycles. The van der Waals surface area contributed by atoms with Gasteiger partial charge in [0.15, 0.2) is 6.61 Å². The summed E-state index contributed by atoms with van der Waals surface area (Å²) in [7, 11) is 0. The Morgan fingerprint density at radius 3 is 2.95 bits per heavy atom. The Hall–Kier alpha value is -1.96. The van der Waals surface area contributed by atoms with E-state index in [4.69, 9.17) is 11.6 Å². The molecule has 2 N–H and O–H groups in total. The van der Waals surface area contributed by atoms with Gasteiger partial charge < -0.3 is 15.0 Å². The number of alkyl halides is 3. The highest BCUT2D eigenvalue weighted by molar-refractivity contribution is 6.30. The summed E-state index contributed by atoms with van der Waals surface area (Å²) in [6.45, 7) is -1.46. The molecule has 0 aliphatic carbocycles. The van der Waals surface area contributed by atoms with Crippen LogP contribution in [0.1, 0.15) is 5.56 Å². The van der Waals surface area contributed by atoms with Gasteiger partial charge >= 0.3 is 12.3 Å². The van der Waals surface area contributed by atoms with Gasteiger partial charge in [-0.3, -0.25) is 0 Å². The number of aromatic nitrogens is 2. The van der Waals surface area contributed by atoms with Gasteiger partial charge in [-0.15, -0.1) is 0 Å². The van der Waals surface area contributed by atoms with Crippen LogP contribution in [0.25, 0.3) is 10.9 Å². The molecule has 0 atom stereocenters. The van der Waals surface area contributed by atoms with Gasteiger partial charge in [0.1, 0.15) is 5.15 Å². The molecular formula is C12H11ClF3N3O2. The molecule has 21 heavy (non-hydrogen) atoms. The third-order valence-electron chi connectivity index (χ3n) is 2.65. The quantitative estimate of drug-likeness (QED) is 0.851. The fourth-order valence-corrected chi connectivity index (χ4v) is 1.92.